The molecule has 2 heterocycles. The molecule has 1 unspecified atom stereocenters. The molecule has 5 heteroatoms. The van der Waals surface area contributed by atoms with Gasteiger partial charge >= 0.3 is 0 Å². The van der Waals surface area contributed by atoms with Crippen LogP contribution in [0.4, 0.5) is 0 Å². The molecule has 1 N–H and O–H groups in total. The molecule has 0 amide bonds. The Morgan fingerprint density at radius 1 is 1.18 bits per heavy atom. The summed E-state index contributed by atoms with van der Waals surface area (Å²) < 4.78 is 11.0. The zero-order valence-electron chi connectivity index (χ0n) is 12.4. The standard InChI is InChI=1S/C17H18N2O3/c1-12(19-11-13-4-6-18-7-5-13)17(20)14-2-3-15-16(10-14)22-9-8-21-15/h2-7,10,12,19H,8-9,11H2,1H3. The number of rotatable bonds is 5. The number of ketones is 1. The molecule has 0 radical (unpaired) electrons. The number of nitrogens with one attached hydrogen (secondary N) is 1. The molecule has 0 spiro atoms. The van der Waals surface area contributed by atoms with Crippen LogP contribution in [0.15, 0.2) is 42.7 Å². The topological polar surface area (TPSA) is 60.5 Å². The van der Waals surface area contributed by atoms with Crippen molar-refractivity contribution in [2.24, 2.45) is 0 Å². The van der Waals surface area contributed by atoms with Gasteiger partial charge in [0.05, 0.1) is 6.04 Å². The lowest BCUT2D eigenvalue weighted by Gasteiger charge is -2.19. The van der Waals surface area contributed by atoms with Crippen molar-refractivity contribution < 1.29 is 14.3 Å². The van der Waals surface area contributed by atoms with Crippen LogP contribution >= 0.6 is 0 Å². The van der Waals surface area contributed by atoms with Gasteiger partial charge < -0.3 is 14.8 Å². The molecule has 22 heavy (non-hydrogen) atoms. The minimum absolute atomic E-state index is 0.0334. The van der Waals surface area contributed by atoms with Crippen molar-refractivity contribution in [3.63, 3.8) is 0 Å². The van der Waals surface area contributed by atoms with E-state index in [1.54, 1.807) is 30.6 Å². The van der Waals surface area contributed by atoms with Crippen molar-refractivity contribution >= 4 is 5.78 Å². The fourth-order valence-electron chi connectivity index (χ4n) is 2.31. The van der Waals surface area contributed by atoms with Crippen LogP contribution in [0, 0.1) is 0 Å². The first-order chi connectivity index (χ1) is 10.7. The minimum Gasteiger partial charge on any atom is -0.486 e. The molecule has 0 saturated heterocycles. The van der Waals surface area contributed by atoms with E-state index in [0.717, 1.165) is 5.56 Å². The van der Waals surface area contributed by atoms with Crippen LogP contribution in [-0.4, -0.2) is 30.0 Å². The maximum Gasteiger partial charge on any atom is 0.179 e. The maximum absolute atomic E-state index is 12.5. The van der Waals surface area contributed by atoms with Gasteiger partial charge in [-0.15, -0.1) is 0 Å². The van der Waals surface area contributed by atoms with E-state index >= 15 is 0 Å². The van der Waals surface area contributed by atoms with Gasteiger partial charge in [-0.2, -0.15) is 0 Å². The first-order valence-electron chi connectivity index (χ1n) is 7.30. The van der Waals surface area contributed by atoms with Gasteiger partial charge in [-0.05, 0) is 42.8 Å². The molecular weight excluding hydrogens is 280 g/mol. The van der Waals surface area contributed by atoms with Gasteiger partial charge in [0.1, 0.15) is 13.2 Å². The Balaban J connectivity index is 1.65. The summed E-state index contributed by atoms with van der Waals surface area (Å²) in [6, 6.07) is 8.89. The van der Waals surface area contributed by atoms with Crippen LogP contribution in [0.5, 0.6) is 11.5 Å². The summed E-state index contributed by atoms with van der Waals surface area (Å²) in [4.78, 5) is 16.5. The SMILES string of the molecule is CC(NCc1ccncc1)C(=O)c1ccc2c(c1)OCCO2. The third kappa shape index (κ3) is 3.26. The Bertz CT molecular complexity index is 658. The predicted octanol–water partition coefficient (Wildman–Crippen LogP) is 2.21. The van der Waals surface area contributed by atoms with E-state index < -0.39 is 0 Å². The number of aromatic nitrogens is 1. The zero-order valence-corrected chi connectivity index (χ0v) is 12.4. The number of carbonyl (C=O) groups is 1. The highest BCUT2D eigenvalue weighted by Gasteiger charge is 2.18. The highest BCUT2D eigenvalue weighted by molar-refractivity contribution is 6.00. The molecule has 0 aliphatic carbocycles. The van der Waals surface area contributed by atoms with Gasteiger partial charge in [0.2, 0.25) is 0 Å². The van der Waals surface area contributed by atoms with Crippen molar-refractivity contribution in [2.75, 3.05) is 13.2 Å². The van der Waals surface area contributed by atoms with E-state index in [4.69, 9.17) is 9.47 Å². The molecule has 1 aliphatic rings. The van der Waals surface area contributed by atoms with E-state index in [1.165, 1.54) is 0 Å². The number of benzene rings is 1. The predicted molar refractivity (Wildman–Crippen MR) is 82.3 cm³/mol. The first-order valence-corrected chi connectivity index (χ1v) is 7.30. The molecule has 1 aromatic carbocycles. The molecule has 114 valence electrons. The smallest absolute Gasteiger partial charge is 0.179 e. The summed E-state index contributed by atoms with van der Waals surface area (Å²) in [6.07, 6.45) is 3.48. The summed E-state index contributed by atoms with van der Waals surface area (Å²) >= 11 is 0. The molecule has 5 nitrogen and oxygen atoms in total. The number of Topliss-reactive ketones (excluding diaryl/α,β-unsaturated/α-hetero) is 1. The van der Waals surface area contributed by atoms with Crippen molar-refractivity contribution in [1.29, 1.82) is 0 Å². The lowest BCUT2D eigenvalue weighted by atomic mass is 10.0. The highest BCUT2D eigenvalue weighted by Crippen LogP contribution is 2.31. The summed E-state index contributed by atoms with van der Waals surface area (Å²) in [6.45, 7) is 3.55. The van der Waals surface area contributed by atoms with Crippen molar-refractivity contribution in [3.05, 3.63) is 53.9 Å². The van der Waals surface area contributed by atoms with Crippen molar-refractivity contribution in [1.82, 2.24) is 10.3 Å². The van der Waals surface area contributed by atoms with Gasteiger partial charge in [-0.1, -0.05) is 0 Å². The van der Waals surface area contributed by atoms with Gasteiger partial charge in [-0.3, -0.25) is 9.78 Å². The Labute approximate surface area is 129 Å². The summed E-state index contributed by atoms with van der Waals surface area (Å²) in [5.41, 5.74) is 1.72. The Morgan fingerprint density at radius 2 is 1.91 bits per heavy atom. The summed E-state index contributed by atoms with van der Waals surface area (Å²) in [5, 5.41) is 3.23. The number of hydrogen-bond donors (Lipinski definition) is 1. The van der Waals surface area contributed by atoms with E-state index in [9.17, 15) is 4.79 Å². The van der Waals surface area contributed by atoms with Crippen LogP contribution in [0.25, 0.3) is 0 Å². The molecule has 0 fully saturated rings. The summed E-state index contributed by atoms with van der Waals surface area (Å²) in [5.74, 6) is 1.37. The first kappa shape index (κ1) is 14.5. The molecule has 2 aromatic rings. The number of ether oxygens (including phenoxy) is 2. The lowest BCUT2D eigenvalue weighted by Crippen LogP contribution is -2.33. The number of pyridine rings is 1. The highest BCUT2D eigenvalue weighted by atomic mass is 16.6. The molecule has 0 bridgehead atoms. The van der Waals surface area contributed by atoms with E-state index in [0.29, 0.717) is 36.8 Å². The number of carbonyl (C=O) groups excluding carboxylic acids is 1. The number of fused-ring (bicyclic) bond motifs is 1. The lowest BCUT2D eigenvalue weighted by molar-refractivity contribution is 0.0949. The second-order valence-electron chi connectivity index (χ2n) is 5.18. The third-order valence-corrected chi connectivity index (χ3v) is 3.58. The van der Waals surface area contributed by atoms with Crippen LogP contribution in [-0.2, 0) is 6.54 Å². The molecule has 0 saturated carbocycles. The molecule has 1 aromatic heterocycles. The van der Waals surface area contributed by atoms with Gasteiger partial charge in [0.15, 0.2) is 17.3 Å². The number of nitrogens with zero attached hydrogens (tertiary/aromatic N) is 1. The van der Waals surface area contributed by atoms with Gasteiger partial charge in [-0.25, -0.2) is 0 Å². The largest absolute Gasteiger partial charge is 0.486 e. The zero-order chi connectivity index (χ0) is 15.4. The van der Waals surface area contributed by atoms with Crippen LogP contribution in [0.1, 0.15) is 22.8 Å². The third-order valence-electron chi connectivity index (χ3n) is 3.58. The quantitative estimate of drug-likeness (QED) is 0.858. The van der Waals surface area contributed by atoms with Crippen molar-refractivity contribution in [2.45, 2.75) is 19.5 Å². The van der Waals surface area contributed by atoms with Crippen LogP contribution in [0.3, 0.4) is 0 Å². The Morgan fingerprint density at radius 3 is 2.68 bits per heavy atom. The van der Waals surface area contributed by atoms with E-state index in [2.05, 4.69) is 10.3 Å². The molecule has 1 aliphatic heterocycles. The Hall–Kier alpha value is -2.40. The fourth-order valence-corrected chi connectivity index (χ4v) is 2.31. The van der Waals surface area contributed by atoms with Crippen LogP contribution < -0.4 is 14.8 Å². The van der Waals surface area contributed by atoms with Gasteiger partial charge in [0.25, 0.3) is 0 Å². The monoisotopic (exact) mass is 298 g/mol. The Kier molecular flexibility index (Phi) is 4.34. The second kappa shape index (κ2) is 6.58. The maximum atomic E-state index is 12.5. The van der Waals surface area contributed by atoms with Gasteiger partial charge in [0, 0.05) is 24.5 Å². The number of hydrogen-bond acceptors (Lipinski definition) is 5. The normalized spacial score (nSPS) is 14.4. The molecule has 3 rings (SSSR count). The molecular formula is C17H18N2O3. The van der Waals surface area contributed by atoms with Crippen LogP contribution in [0.2, 0.25) is 0 Å². The molecule has 1 atom stereocenters. The minimum atomic E-state index is -0.282. The van der Waals surface area contributed by atoms with E-state index in [-0.39, 0.29) is 11.8 Å². The average Bonchev–Trinajstić information content (AvgIpc) is 2.59. The van der Waals surface area contributed by atoms with E-state index in [1.807, 2.05) is 19.1 Å². The average molecular weight is 298 g/mol. The second-order valence-corrected chi connectivity index (χ2v) is 5.18. The summed E-state index contributed by atoms with van der Waals surface area (Å²) in [7, 11) is 0. The van der Waals surface area contributed by atoms with Crippen molar-refractivity contribution in [3.8, 4) is 11.5 Å². The fraction of sp³-hybridized carbons (Fsp3) is 0.294.